The van der Waals surface area contributed by atoms with Gasteiger partial charge in [0.1, 0.15) is 0 Å². The molecule has 1 rings (SSSR count). The van der Waals surface area contributed by atoms with Crippen molar-refractivity contribution >= 4 is 0 Å². The van der Waals surface area contributed by atoms with Crippen molar-refractivity contribution in [3.8, 4) is 0 Å². The third-order valence-electron chi connectivity index (χ3n) is 3.53. The number of benzene rings is 1. The van der Waals surface area contributed by atoms with Gasteiger partial charge in [0.15, 0.2) is 0 Å². The van der Waals surface area contributed by atoms with E-state index in [4.69, 9.17) is 0 Å². The zero-order valence-electron chi connectivity index (χ0n) is 12.1. The molecule has 0 amide bonds. The first-order chi connectivity index (χ1) is 8.84. The van der Waals surface area contributed by atoms with Gasteiger partial charge in [0.05, 0.1) is 0 Å². The van der Waals surface area contributed by atoms with Crippen LogP contribution in [-0.2, 0) is 0 Å². The molecule has 1 aromatic carbocycles. The van der Waals surface area contributed by atoms with Crippen LogP contribution in [0.25, 0.3) is 0 Å². The van der Waals surface area contributed by atoms with Crippen LogP contribution >= 0.6 is 0 Å². The molecule has 1 N–H and O–H groups in total. The van der Waals surface area contributed by atoms with Crippen LogP contribution in [0.5, 0.6) is 0 Å². The molecule has 0 saturated carbocycles. The summed E-state index contributed by atoms with van der Waals surface area (Å²) in [5, 5.41) is 3.57. The lowest BCUT2D eigenvalue weighted by molar-refractivity contribution is 0.553. The molecule has 0 spiro atoms. The van der Waals surface area contributed by atoms with Gasteiger partial charge >= 0.3 is 0 Å². The topological polar surface area (TPSA) is 12.0 Å². The molecule has 1 atom stereocenters. The molecule has 0 bridgehead atoms. The highest BCUT2D eigenvalue weighted by atomic mass is 14.8. The molecule has 1 heteroatoms. The average Bonchev–Trinajstić information content (AvgIpc) is 2.42. The minimum atomic E-state index is 0.617. The summed E-state index contributed by atoms with van der Waals surface area (Å²) < 4.78 is 0. The summed E-state index contributed by atoms with van der Waals surface area (Å²) in [7, 11) is 0. The van der Waals surface area contributed by atoms with E-state index in [1.165, 1.54) is 50.6 Å². The zero-order chi connectivity index (χ0) is 13.1. The van der Waals surface area contributed by atoms with Crippen LogP contribution in [0.1, 0.15) is 63.9 Å². The summed E-state index contributed by atoms with van der Waals surface area (Å²) in [6.07, 6.45) is 8.27. The van der Waals surface area contributed by atoms with Gasteiger partial charge in [-0.05, 0) is 24.4 Å². The van der Waals surface area contributed by atoms with E-state index in [1.807, 2.05) is 0 Å². The fourth-order valence-corrected chi connectivity index (χ4v) is 2.25. The average molecular weight is 247 g/mol. The molecular weight excluding hydrogens is 218 g/mol. The van der Waals surface area contributed by atoms with E-state index in [1.54, 1.807) is 0 Å². The summed E-state index contributed by atoms with van der Waals surface area (Å²) in [4.78, 5) is 0. The molecule has 0 aliphatic rings. The minimum absolute atomic E-state index is 0.617. The third kappa shape index (κ3) is 6.80. The van der Waals surface area contributed by atoms with Gasteiger partial charge in [0, 0.05) is 6.54 Å². The van der Waals surface area contributed by atoms with Gasteiger partial charge in [-0.1, -0.05) is 76.3 Å². The van der Waals surface area contributed by atoms with Crippen LogP contribution in [-0.4, -0.2) is 13.1 Å². The Labute approximate surface area is 113 Å². The third-order valence-corrected chi connectivity index (χ3v) is 3.53. The minimum Gasteiger partial charge on any atom is -0.316 e. The van der Waals surface area contributed by atoms with E-state index in [2.05, 4.69) is 49.5 Å². The lowest BCUT2D eigenvalue weighted by Gasteiger charge is -2.12. The number of nitrogens with one attached hydrogen (secondary N) is 1. The highest BCUT2D eigenvalue weighted by Crippen LogP contribution is 2.13. The van der Waals surface area contributed by atoms with Crippen molar-refractivity contribution in [3.63, 3.8) is 0 Å². The molecule has 0 aliphatic carbocycles. The van der Waals surface area contributed by atoms with Crippen molar-refractivity contribution in [2.75, 3.05) is 13.1 Å². The molecule has 1 nitrogen and oxygen atoms in total. The molecule has 0 saturated heterocycles. The Hall–Kier alpha value is -0.820. The van der Waals surface area contributed by atoms with E-state index < -0.39 is 0 Å². The highest BCUT2D eigenvalue weighted by Gasteiger charge is 2.03. The SMILES string of the molecule is CCCCCCCCNCC(C)c1ccccc1. The lowest BCUT2D eigenvalue weighted by atomic mass is 10.0. The van der Waals surface area contributed by atoms with Crippen LogP contribution in [0, 0.1) is 0 Å². The number of rotatable bonds is 10. The predicted molar refractivity (Wildman–Crippen MR) is 81.1 cm³/mol. The molecule has 0 aliphatic heterocycles. The van der Waals surface area contributed by atoms with E-state index in [0.717, 1.165) is 6.54 Å². The maximum absolute atomic E-state index is 3.57. The number of hydrogen-bond acceptors (Lipinski definition) is 1. The van der Waals surface area contributed by atoms with Crippen molar-refractivity contribution in [2.24, 2.45) is 0 Å². The maximum Gasteiger partial charge on any atom is 0.00174 e. The molecule has 1 unspecified atom stereocenters. The Morgan fingerprint density at radius 1 is 0.944 bits per heavy atom. The fraction of sp³-hybridized carbons (Fsp3) is 0.647. The maximum atomic E-state index is 3.57. The summed E-state index contributed by atoms with van der Waals surface area (Å²) in [5.41, 5.74) is 1.44. The molecule has 18 heavy (non-hydrogen) atoms. The van der Waals surface area contributed by atoms with E-state index in [-0.39, 0.29) is 0 Å². The zero-order valence-corrected chi connectivity index (χ0v) is 12.1. The van der Waals surface area contributed by atoms with Crippen LogP contribution < -0.4 is 5.32 Å². The van der Waals surface area contributed by atoms with Crippen molar-refractivity contribution in [1.29, 1.82) is 0 Å². The highest BCUT2D eigenvalue weighted by molar-refractivity contribution is 5.18. The Bertz CT molecular complexity index is 281. The van der Waals surface area contributed by atoms with Gasteiger partial charge in [-0.15, -0.1) is 0 Å². The van der Waals surface area contributed by atoms with Crippen molar-refractivity contribution in [2.45, 2.75) is 58.3 Å². The predicted octanol–water partition coefficient (Wildman–Crippen LogP) is 4.74. The first kappa shape index (κ1) is 15.2. The van der Waals surface area contributed by atoms with Gasteiger partial charge in [0.2, 0.25) is 0 Å². The second-order valence-corrected chi connectivity index (χ2v) is 5.28. The van der Waals surface area contributed by atoms with Crippen LogP contribution in [0.4, 0.5) is 0 Å². The normalized spacial score (nSPS) is 12.6. The molecule has 0 heterocycles. The first-order valence-electron chi connectivity index (χ1n) is 7.60. The summed E-state index contributed by atoms with van der Waals surface area (Å²) >= 11 is 0. The van der Waals surface area contributed by atoms with Crippen molar-refractivity contribution in [3.05, 3.63) is 35.9 Å². The molecule has 0 radical (unpaired) electrons. The monoisotopic (exact) mass is 247 g/mol. The van der Waals surface area contributed by atoms with Gasteiger partial charge in [-0.3, -0.25) is 0 Å². The first-order valence-corrected chi connectivity index (χ1v) is 7.60. The Balaban J connectivity index is 1.98. The molecular formula is C17H29N. The molecule has 102 valence electrons. The van der Waals surface area contributed by atoms with Gasteiger partial charge in [-0.25, -0.2) is 0 Å². The van der Waals surface area contributed by atoms with Gasteiger partial charge < -0.3 is 5.32 Å². The van der Waals surface area contributed by atoms with E-state index in [9.17, 15) is 0 Å². The standard InChI is InChI=1S/C17H29N/c1-3-4-5-6-7-11-14-18-15-16(2)17-12-9-8-10-13-17/h8-10,12-13,16,18H,3-7,11,14-15H2,1-2H3. The van der Waals surface area contributed by atoms with Crippen molar-refractivity contribution in [1.82, 2.24) is 5.32 Å². The second kappa shape index (κ2) is 10.1. The van der Waals surface area contributed by atoms with Gasteiger partial charge in [0.25, 0.3) is 0 Å². The molecule has 1 aromatic rings. The van der Waals surface area contributed by atoms with E-state index >= 15 is 0 Å². The molecule has 0 fully saturated rings. The summed E-state index contributed by atoms with van der Waals surface area (Å²) in [5.74, 6) is 0.617. The van der Waals surface area contributed by atoms with E-state index in [0.29, 0.717) is 5.92 Å². The van der Waals surface area contributed by atoms with Crippen LogP contribution in [0.3, 0.4) is 0 Å². The number of unbranched alkanes of at least 4 members (excludes halogenated alkanes) is 5. The molecule has 0 aromatic heterocycles. The quantitative estimate of drug-likeness (QED) is 0.589. The summed E-state index contributed by atoms with van der Waals surface area (Å²) in [6, 6.07) is 10.8. The largest absolute Gasteiger partial charge is 0.316 e. The smallest absolute Gasteiger partial charge is 0.00174 e. The second-order valence-electron chi connectivity index (χ2n) is 5.28. The Kier molecular flexibility index (Phi) is 8.58. The van der Waals surface area contributed by atoms with Gasteiger partial charge in [-0.2, -0.15) is 0 Å². The Morgan fingerprint density at radius 2 is 1.61 bits per heavy atom. The van der Waals surface area contributed by atoms with Crippen LogP contribution in [0.2, 0.25) is 0 Å². The van der Waals surface area contributed by atoms with Crippen molar-refractivity contribution < 1.29 is 0 Å². The fourth-order valence-electron chi connectivity index (χ4n) is 2.25. The van der Waals surface area contributed by atoms with Crippen LogP contribution in [0.15, 0.2) is 30.3 Å². The number of hydrogen-bond donors (Lipinski definition) is 1. The lowest BCUT2D eigenvalue weighted by Crippen LogP contribution is -2.21. The Morgan fingerprint density at radius 3 is 2.33 bits per heavy atom. The summed E-state index contributed by atoms with van der Waals surface area (Å²) in [6.45, 7) is 6.83.